The number of nitrogens with two attached hydrogens (primary N) is 1. The molecule has 2 rings (SSSR count). The van der Waals surface area contributed by atoms with Gasteiger partial charge in [0.25, 0.3) is 0 Å². The van der Waals surface area contributed by atoms with E-state index in [0.29, 0.717) is 5.41 Å². The third-order valence-electron chi connectivity index (χ3n) is 4.16. The first kappa shape index (κ1) is 12.4. The molecule has 2 nitrogen and oxygen atoms in total. The molecular formula is C15H24N2. The number of hydrogen-bond donors (Lipinski definition) is 2. The summed E-state index contributed by atoms with van der Waals surface area (Å²) in [4.78, 5) is 0. The van der Waals surface area contributed by atoms with Gasteiger partial charge in [-0.15, -0.1) is 0 Å². The number of rotatable bonds is 6. The van der Waals surface area contributed by atoms with Crippen LogP contribution in [0.1, 0.15) is 32.3 Å². The Kier molecular flexibility index (Phi) is 3.72. The molecule has 0 bridgehead atoms. The van der Waals surface area contributed by atoms with Crippen molar-refractivity contribution in [3.8, 4) is 0 Å². The van der Waals surface area contributed by atoms with Crippen molar-refractivity contribution in [3.63, 3.8) is 0 Å². The van der Waals surface area contributed by atoms with Crippen LogP contribution in [-0.4, -0.2) is 13.1 Å². The van der Waals surface area contributed by atoms with Crippen molar-refractivity contribution in [2.75, 3.05) is 18.8 Å². The zero-order valence-electron chi connectivity index (χ0n) is 11.0. The summed E-state index contributed by atoms with van der Waals surface area (Å²) < 4.78 is 0. The highest BCUT2D eigenvalue weighted by molar-refractivity contribution is 5.39. The van der Waals surface area contributed by atoms with E-state index < -0.39 is 0 Å². The highest BCUT2D eigenvalue weighted by Crippen LogP contribution is 2.51. The smallest absolute Gasteiger partial charge is 0.0314 e. The molecule has 2 heteroatoms. The van der Waals surface area contributed by atoms with Crippen LogP contribution >= 0.6 is 0 Å². The Morgan fingerprint density at radius 3 is 2.41 bits per heavy atom. The molecule has 1 fully saturated rings. The molecule has 94 valence electrons. The maximum absolute atomic E-state index is 5.66. The van der Waals surface area contributed by atoms with Gasteiger partial charge in [0.15, 0.2) is 0 Å². The Labute approximate surface area is 105 Å². The van der Waals surface area contributed by atoms with Crippen molar-refractivity contribution in [2.45, 2.75) is 33.1 Å². The summed E-state index contributed by atoms with van der Waals surface area (Å²) >= 11 is 0. The first-order valence-corrected chi connectivity index (χ1v) is 6.67. The Morgan fingerprint density at radius 2 is 1.88 bits per heavy atom. The van der Waals surface area contributed by atoms with Crippen LogP contribution in [-0.2, 0) is 6.42 Å². The summed E-state index contributed by atoms with van der Waals surface area (Å²) in [5.41, 5.74) is 8.48. The summed E-state index contributed by atoms with van der Waals surface area (Å²) in [6.45, 7) is 6.93. The summed E-state index contributed by atoms with van der Waals surface area (Å²) in [5.74, 6) is 0.812. The molecule has 0 aliphatic heterocycles. The van der Waals surface area contributed by atoms with Gasteiger partial charge in [0, 0.05) is 12.2 Å². The van der Waals surface area contributed by atoms with Crippen LogP contribution in [0, 0.1) is 11.3 Å². The number of nitrogens with one attached hydrogen (secondary N) is 1. The van der Waals surface area contributed by atoms with Gasteiger partial charge in [-0.25, -0.2) is 0 Å². The van der Waals surface area contributed by atoms with Gasteiger partial charge in [0.1, 0.15) is 0 Å². The second-order valence-corrected chi connectivity index (χ2v) is 5.69. The first-order chi connectivity index (χ1) is 8.12. The number of anilines is 1. The molecule has 3 N–H and O–H groups in total. The van der Waals surface area contributed by atoms with Gasteiger partial charge in [-0.2, -0.15) is 0 Å². The topological polar surface area (TPSA) is 38.0 Å². The van der Waals surface area contributed by atoms with E-state index in [-0.39, 0.29) is 0 Å². The van der Waals surface area contributed by atoms with E-state index >= 15 is 0 Å². The molecule has 0 saturated heterocycles. The van der Waals surface area contributed by atoms with Gasteiger partial charge < -0.3 is 11.1 Å². The molecule has 1 saturated carbocycles. The van der Waals surface area contributed by atoms with Crippen LogP contribution in [0.4, 0.5) is 5.69 Å². The van der Waals surface area contributed by atoms with Crippen LogP contribution in [0.2, 0.25) is 0 Å². The highest BCUT2D eigenvalue weighted by atomic mass is 14.9. The van der Waals surface area contributed by atoms with Crippen LogP contribution < -0.4 is 11.1 Å². The number of benzene rings is 1. The second-order valence-electron chi connectivity index (χ2n) is 5.69. The van der Waals surface area contributed by atoms with E-state index in [1.54, 1.807) is 0 Å². The lowest BCUT2D eigenvalue weighted by Gasteiger charge is -2.20. The van der Waals surface area contributed by atoms with E-state index in [1.807, 2.05) is 12.1 Å². The molecular weight excluding hydrogens is 208 g/mol. The number of nitrogen functional groups attached to an aromatic ring is 1. The van der Waals surface area contributed by atoms with Gasteiger partial charge in [-0.05, 0) is 54.8 Å². The largest absolute Gasteiger partial charge is 0.399 e. The van der Waals surface area contributed by atoms with Gasteiger partial charge in [0.05, 0.1) is 0 Å². The molecule has 0 amide bonds. The maximum Gasteiger partial charge on any atom is 0.0314 e. The van der Waals surface area contributed by atoms with E-state index in [4.69, 9.17) is 5.73 Å². The molecule has 1 aliphatic carbocycles. The molecule has 1 aromatic rings. The molecule has 0 atom stereocenters. The first-order valence-electron chi connectivity index (χ1n) is 6.67. The fourth-order valence-corrected chi connectivity index (χ4v) is 2.37. The minimum atomic E-state index is 0.612. The molecule has 1 aromatic carbocycles. The van der Waals surface area contributed by atoms with Crippen molar-refractivity contribution < 1.29 is 0 Å². The fraction of sp³-hybridized carbons (Fsp3) is 0.600. The predicted octanol–water partition coefficient (Wildman–Crippen LogP) is 2.84. The van der Waals surface area contributed by atoms with E-state index in [2.05, 4.69) is 31.3 Å². The van der Waals surface area contributed by atoms with Crippen molar-refractivity contribution in [3.05, 3.63) is 29.8 Å². The molecule has 1 aliphatic rings. The van der Waals surface area contributed by atoms with Crippen LogP contribution in [0.15, 0.2) is 24.3 Å². The second kappa shape index (κ2) is 5.09. The maximum atomic E-state index is 5.66. The predicted molar refractivity (Wildman–Crippen MR) is 73.9 cm³/mol. The standard InChI is InChI=1S/C15H24N2/c1-12(2)15(8-9-15)11-17-10-7-13-3-5-14(16)6-4-13/h3-6,12,17H,7-11,16H2,1-2H3. The van der Waals surface area contributed by atoms with Crippen LogP contribution in [0.25, 0.3) is 0 Å². The zero-order valence-corrected chi connectivity index (χ0v) is 11.0. The Hall–Kier alpha value is -1.02. The Balaban J connectivity index is 1.68. The van der Waals surface area contributed by atoms with Gasteiger partial charge >= 0.3 is 0 Å². The minimum absolute atomic E-state index is 0.612. The molecule has 0 unspecified atom stereocenters. The average molecular weight is 232 g/mol. The fourth-order valence-electron chi connectivity index (χ4n) is 2.37. The third kappa shape index (κ3) is 3.22. The summed E-state index contributed by atoms with van der Waals surface area (Å²) in [6, 6.07) is 8.19. The SMILES string of the molecule is CC(C)C1(CNCCc2ccc(N)cc2)CC1. The lowest BCUT2D eigenvalue weighted by atomic mass is 9.92. The summed E-state index contributed by atoms with van der Waals surface area (Å²) in [7, 11) is 0. The van der Waals surface area contributed by atoms with E-state index in [9.17, 15) is 0 Å². The molecule has 0 spiro atoms. The van der Waals surface area contributed by atoms with Gasteiger partial charge in [-0.3, -0.25) is 0 Å². The van der Waals surface area contributed by atoms with Crippen LogP contribution in [0.3, 0.4) is 0 Å². The summed E-state index contributed by atoms with van der Waals surface area (Å²) in [6.07, 6.45) is 3.90. The monoisotopic (exact) mass is 232 g/mol. The minimum Gasteiger partial charge on any atom is -0.399 e. The lowest BCUT2D eigenvalue weighted by Crippen LogP contribution is -2.29. The third-order valence-corrected chi connectivity index (χ3v) is 4.16. The zero-order chi connectivity index (χ0) is 12.3. The highest BCUT2D eigenvalue weighted by Gasteiger charge is 2.44. The van der Waals surface area contributed by atoms with E-state index in [0.717, 1.165) is 24.6 Å². The summed E-state index contributed by atoms with van der Waals surface area (Å²) in [5, 5.41) is 3.60. The van der Waals surface area contributed by atoms with Crippen LogP contribution in [0.5, 0.6) is 0 Å². The van der Waals surface area contributed by atoms with Gasteiger partial charge in [0.2, 0.25) is 0 Å². The molecule has 0 radical (unpaired) electrons. The average Bonchev–Trinajstić information content (AvgIpc) is 3.08. The molecule has 0 heterocycles. The van der Waals surface area contributed by atoms with E-state index in [1.165, 1.54) is 24.9 Å². The normalized spacial score (nSPS) is 17.4. The Morgan fingerprint density at radius 1 is 1.24 bits per heavy atom. The Bertz CT molecular complexity index is 350. The van der Waals surface area contributed by atoms with Gasteiger partial charge in [-0.1, -0.05) is 26.0 Å². The number of hydrogen-bond acceptors (Lipinski definition) is 2. The molecule has 17 heavy (non-hydrogen) atoms. The quantitative estimate of drug-likeness (QED) is 0.584. The van der Waals surface area contributed by atoms with Crippen molar-refractivity contribution in [1.29, 1.82) is 0 Å². The van der Waals surface area contributed by atoms with Crippen molar-refractivity contribution in [2.24, 2.45) is 11.3 Å². The van der Waals surface area contributed by atoms with Crippen molar-refractivity contribution >= 4 is 5.69 Å². The lowest BCUT2D eigenvalue weighted by molar-refractivity contribution is 0.339. The molecule has 0 aromatic heterocycles. The van der Waals surface area contributed by atoms with Crippen molar-refractivity contribution in [1.82, 2.24) is 5.32 Å².